The minimum Gasteiger partial charge on any atom is -0.497 e. The van der Waals surface area contributed by atoms with E-state index in [9.17, 15) is 0 Å². The van der Waals surface area contributed by atoms with Crippen molar-refractivity contribution in [2.24, 2.45) is 0 Å². The number of rotatable bonds is 4. The number of methoxy groups -OCH3 is 1. The average molecular weight is 152 g/mol. The molecule has 0 rings (SSSR count). The normalized spacial score (nSPS) is 12.1. The Kier molecular flexibility index (Phi) is 5.26. The van der Waals surface area contributed by atoms with Crippen LogP contribution in [0.4, 0.5) is 0 Å². The van der Waals surface area contributed by atoms with E-state index in [2.05, 4.69) is 19.6 Å². The molecule has 0 atom stereocenters. The van der Waals surface area contributed by atoms with Crippen molar-refractivity contribution in [1.29, 1.82) is 0 Å². The first-order valence-corrected chi connectivity index (χ1v) is 3.80. The van der Waals surface area contributed by atoms with Crippen LogP contribution in [0.3, 0.4) is 0 Å². The third-order valence-electron chi connectivity index (χ3n) is 1.40. The van der Waals surface area contributed by atoms with Crippen LogP contribution >= 0.6 is 0 Å². The third kappa shape index (κ3) is 4.43. The monoisotopic (exact) mass is 152 g/mol. The van der Waals surface area contributed by atoms with Crippen LogP contribution in [0.5, 0.6) is 0 Å². The van der Waals surface area contributed by atoms with Crippen LogP contribution in [-0.4, -0.2) is 7.11 Å². The molecule has 0 heterocycles. The van der Waals surface area contributed by atoms with Crippen molar-refractivity contribution in [2.45, 2.75) is 20.3 Å². The Labute approximate surface area is 69.1 Å². The summed E-state index contributed by atoms with van der Waals surface area (Å²) in [4.78, 5) is 0. The molecule has 11 heavy (non-hydrogen) atoms. The fourth-order valence-electron chi connectivity index (χ4n) is 0.748. The maximum atomic E-state index is 4.92. The zero-order valence-corrected chi connectivity index (χ0v) is 7.55. The summed E-state index contributed by atoms with van der Waals surface area (Å²) in [6.45, 7) is 7.82. The summed E-state index contributed by atoms with van der Waals surface area (Å²) in [6, 6.07) is 0. The topological polar surface area (TPSA) is 9.23 Å². The van der Waals surface area contributed by atoms with Crippen molar-refractivity contribution in [2.75, 3.05) is 7.11 Å². The van der Waals surface area contributed by atoms with Crippen LogP contribution in [-0.2, 0) is 4.74 Å². The Morgan fingerprint density at radius 3 is 2.55 bits per heavy atom. The first-order chi connectivity index (χ1) is 5.24. The largest absolute Gasteiger partial charge is 0.497 e. The van der Waals surface area contributed by atoms with E-state index in [0.29, 0.717) is 5.76 Å². The minimum atomic E-state index is 0.708. The van der Waals surface area contributed by atoms with Crippen molar-refractivity contribution >= 4 is 0 Å². The van der Waals surface area contributed by atoms with E-state index in [4.69, 9.17) is 4.74 Å². The van der Waals surface area contributed by atoms with E-state index < -0.39 is 0 Å². The summed E-state index contributed by atoms with van der Waals surface area (Å²) in [6.07, 6.45) is 7.02. The standard InChI is InChI=1S/C10H16O/c1-5-7-10(6-2)8-9(3)11-4/h5,7-8H,3,6H2,1-2,4H3/b7-5-,10-8-. The third-order valence-corrected chi connectivity index (χ3v) is 1.40. The number of hydrogen-bond acceptors (Lipinski definition) is 1. The van der Waals surface area contributed by atoms with Gasteiger partial charge in [-0.1, -0.05) is 25.7 Å². The van der Waals surface area contributed by atoms with Crippen molar-refractivity contribution in [3.8, 4) is 0 Å². The minimum absolute atomic E-state index is 0.708. The van der Waals surface area contributed by atoms with Gasteiger partial charge in [0.05, 0.1) is 7.11 Å². The Balaban J connectivity index is 4.22. The average Bonchev–Trinajstić information content (AvgIpc) is 2.03. The van der Waals surface area contributed by atoms with Gasteiger partial charge in [-0.3, -0.25) is 0 Å². The van der Waals surface area contributed by atoms with Gasteiger partial charge in [0, 0.05) is 0 Å². The lowest BCUT2D eigenvalue weighted by Crippen LogP contribution is -1.81. The molecule has 0 amide bonds. The Hall–Kier alpha value is -0.980. The van der Waals surface area contributed by atoms with E-state index in [1.54, 1.807) is 7.11 Å². The maximum Gasteiger partial charge on any atom is 0.111 e. The SMILES string of the molecule is C=C(/C=C(\C=C/C)CC)OC. The number of allylic oxidation sites excluding steroid dienone is 4. The van der Waals surface area contributed by atoms with Crippen molar-refractivity contribution in [3.63, 3.8) is 0 Å². The summed E-state index contributed by atoms with van der Waals surface area (Å²) in [7, 11) is 1.63. The molecule has 62 valence electrons. The lowest BCUT2D eigenvalue weighted by molar-refractivity contribution is 0.308. The lowest BCUT2D eigenvalue weighted by atomic mass is 10.1. The summed E-state index contributed by atoms with van der Waals surface area (Å²) in [5.41, 5.74) is 1.24. The van der Waals surface area contributed by atoms with Gasteiger partial charge in [-0.25, -0.2) is 0 Å². The second-order valence-electron chi connectivity index (χ2n) is 2.24. The van der Waals surface area contributed by atoms with Gasteiger partial charge in [-0.2, -0.15) is 0 Å². The van der Waals surface area contributed by atoms with Crippen molar-refractivity contribution in [1.82, 2.24) is 0 Å². The maximum absolute atomic E-state index is 4.92. The van der Waals surface area contributed by atoms with Gasteiger partial charge in [0.1, 0.15) is 5.76 Å². The van der Waals surface area contributed by atoms with Gasteiger partial charge in [0.25, 0.3) is 0 Å². The molecule has 0 unspecified atom stereocenters. The van der Waals surface area contributed by atoms with Crippen LogP contribution in [0, 0.1) is 0 Å². The van der Waals surface area contributed by atoms with E-state index in [1.165, 1.54) is 5.57 Å². The molecule has 0 aromatic heterocycles. The van der Waals surface area contributed by atoms with E-state index in [0.717, 1.165) is 6.42 Å². The molecule has 0 saturated heterocycles. The van der Waals surface area contributed by atoms with Crippen molar-refractivity contribution in [3.05, 3.63) is 36.1 Å². The zero-order valence-electron chi connectivity index (χ0n) is 7.55. The van der Waals surface area contributed by atoms with Gasteiger partial charge in [-0.05, 0) is 25.0 Å². The molecule has 0 aliphatic heterocycles. The van der Waals surface area contributed by atoms with Gasteiger partial charge >= 0.3 is 0 Å². The van der Waals surface area contributed by atoms with Gasteiger partial charge in [0.2, 0.25) is 0 Å². The summed E-state index contributed by atoms with van der Waals surface area (Å²) in [5.74, 6) is 0.708. The lowest BCUT2D eigenvalue weighted by Gasteiger charge is -1.99. The molecule has 1 nitrogen and oxygen atoms in total. The van der Waals surface area contributed by atoms with Crippen LogP contribution in [0.25, 0.3) is 0 Å². The van der Waals surface area contributed by atoms with Crippen LogP contribution in [0.1, 0.15) is 20.3 Å². The Morgan fingerprint density at radius 2 is 2.18 bits per heavy atom. The molecular formula is C10H16O. The fourth-order valence-corrected chi connectivity index (χ4v) is 0.748. The summed E-state index contributed by atoms with van der Waals surface area (Å²) in [5, 5.41) is 0. The first-order valence-electron chi connectivity index (χ1n) is 3.80. The molecule has 0 aliphatic rings. The quantitative estimate of drug-likeness (QED) is 0.444. The zero-order chi connectivity index (χ0) is 8.69. The number of ether oxygens (including phenoxy) is 1. The van der Waals surface area contributed by atoms with Crippen molar-refractivity contribution < 1.29 is 4.74 Å². The second-order valence-corrected chi connectivity index (χ2v) is 2.24. The van der Waals surface area contributed by atoms with Gasteiger partial charge in [0.15, 0.2) is 0 Å². The molecule has 0 spiro atoms. The molecule has 0 radical (unpaired) electrons. The Bertz CT molecular complexity index is 175. The van der Waals surface area contributed by atoms with E-state index in [-0.39, 0.29) is 0 Å². The predicted octanol–water partition coefficient (Wildman–Crippen LogP) is 3.06. The molecular weight excluding hydrogens is 136 g/mol. The molecule has 1 heteroatoms. The highest BCUT2D eigenvalue weighted by Gasteiger charge is 1.89. The molecule has 0 aromatic rings. The molecule has 0 aliphatic carbocycles. The van der Waals surface area contributed by atoms with E-state index in [1.807, 2.05) is 19.1 Å². The molecule has 0 bridgehead atoms. The van der Waals surface area contributed by atoms with Crippen LogP contribution in [0.2, 0.25) is 0 Å². The van der Waals surface area contributed by atoms with Crippen LogP contribution < -0.4 is 0 Å². The highest BCUT2D eigenvalue weighted by Crippen LogP contribution is 2.06. The predicted molar refractivity (Wildman–Crippen MR) is 49.3 cm³/mol. The van der Waals surface area contributed by atoms with Gasteiger partial charge < -0.3 is 4.74 Å². The van der Waals surface area contributed by atoms with Crippen LogP contribution in [0.15, 0.2) is 36.1 Å². The summed E-state index contributed by atoms with van der Waals surface area (Å²) >= 11 is 0. The molecule has 0 saturated carbocycles. The number of hydrogen-bond donors (Lipinski definition) is 0. The smallest absolute Gasteiger partial charge is 0.111 e. The first kappa shape index (κ1) is 10.0. The molecule has 0 aromatic carbocycles. The fraction of sp³-hybridized carbons (Fsp3) is 0.400. The van der Waals surface area contributed by atoms with E-state index >= 15 is 0 Å². The second kappa shape index (κ2) is 5.78. The highest BCUT2D eigenvalue weighted by atomic mass is 16.5. The summed E-state index contributed by atoms with van der Waals surface area (Å²) < 4.78 is 4.92. The molecule has 0 N–H and O–H groups in total. The Morgan fingerprint density at radius 1 is 1.55 bits per heavy atom. The highest BCUT2D eigenvalue weighted by molar-refractivity contribution is 5.25. The molecule has 0 fully saturated rings. The van der Waals surface area contributed by atoms with Gasteiger partial charge in [-0.15, -0.1) is 0 Å².